The summed E-state index contributed by atoms with van der Waals surface area (Å²) >= 11 is 3.31. The van der Waals surface area contributed by atoms with Gasteiger partial charge in [-0.3, -0.25) is 9.78 Å². The van der Waals surface area contributed by atoms with Gasteiger partial charge in [-0.05, 0) is 61.4 Å². The number of hydrogen-bond donors (Lipinski definition) is 1. The van der Waals surface area contributed by atoms with Crippen LogP contribution in [-0.4, -0.2) is 36.2 Å². The fraction of sp³-hybridized carbons (Fsp3) is 0.200. The number of sulfonamides is 1. The Kier molecular flexibility index (Phi) is 5.18. The summed E-state index contributed by atoms with van der Waals surface area (Å²) in [6.07, 6.45) is 2.83. The van der Waals surface area contributed by atoms with Gasteiger partial charge in [-0.25, -0.2) is 8.42 Å². The first kappa shape index (κ1) is 19.0. The van der Waals surface area contributed by atoms with Crippen LogP contribution in [0.3, 0.4) is 0 Å². The van der Waals surface area contributed by atoms with Gasteiger partial charge in [0.05, 0.1) is 16.1 Å². The maximum absolute atomic E-state index is 13.0. The first-order valence-electron chi connectivity index (χ1n) is 8.89. The zero-order valence-corrected chi connectivity index (χ0v) is 17.3. The monoisotopic (exact) mass is 459 g/mol. The van der Waals surface area contributed by atoms with Gasteiger partial charge in [-0.15, -0.1) is 0 Å². The van der Waals surface area contributed by atoms with Crippen molar-refractivity contribution in [2.24, 2.45) is 0 Å². The van der Waals surface area contributed by atoms with Crippen LogP contribution in [0.5, 0.6) is 0 Å². The van der Waals surface area contributed by atoms with Crippen molar-refractivity contribution in [3.63, 3.8) is 0 Å². The lowest BCUT2D eigenvalue weighted by Gasteiger charge is -2.23. The van der Waals surface area contributed by atoms with Crippen molar-refractivity contribution in [3.8, 4) is 0 Å². The highest BCUT2D eigenvalue weighted by atomic mass is 79.9. The molecule has 4 rings (SSSR count). The molecule has 8 heteroatoms. The molecule has 144 valence electrons. The number of nitrogens with zero attached hydrogens (tertiary/aromatic N) is 2. The van der Waals surface area contributed by atoms with Gasteiger partial charge in [0, 0.05) is 22.6 Å². The quantitative estimate of drug-likeness (QED) is 0.643. The minimum atomic E-state index is -3.75. The average molecular weight is 460 g/mol. The molecule has 1 aliphatic rings. The van der Waals surface area contributed by atoms with Gasteiger partial charge in [0.1, 0.15) is 6.04 Å². The second-order valence-corrected chi connectivity index (χ2v) is 9.40. The molecule has 1 amide bonds. The fourth-order valence-electron chi connectivity index (χ4n) is 3.46. The third-order valence-electron chi connectivity index (χ3n) is 4.83. The molecule has 1 aromatic heterocycles. The highest BCUT2D eigenvalue weighted by Crippen LogP contribution is 2.29. The van der Waals surface area contributed by atoms with Gasteiger partial charge >= 0.3 is 0 Å². The average Bonchev–Trinajstić information content (AvgIpc) is 3.20. The number of amides is 1. The fourth-order valence-corrected chi connectivity index (χ4v) is 5.38. The Balaban J connectivity index is 1.61. The molecule has 1 unspecified atom stereocenters. The molecule has 0 saturated carbocycles. The second-order valence-electron chi connectivity index (χ2n) is 6.59. The van der Waals surface area contributed by atoms with E-state index in [9.17, 15) is 13.2 Å². The Bertz CT molecular complexity index is 1130. The minimum Gasteiger partial charge on any atom is -0.324 e. The normalized spacial score (nSPS) is 17.7. The Hall–Kier alpha value is -2.29. The molecule has 1 aliphatic heterocycles. The third-order valence-corrected chi connectivity index (χ3v) is 7.28. The van der Waals surface area contributed by atoms with Crippen molar-refractivity contribution < 1.29 is 13.2 Å². The van der Waals surface area contributed by atoms with Crippen molar-refractivity contribution in [2.75, 3.05) is 11.9 Å². The Labute approximate surface area is 171 Å². The van der Waals surface area contributed by atoms with Gasteiger partial charge in [0.15, 0.2) is 0 Å². The van der Waals surface area contributed by atoms with E-state index in [0.29, 0.717) is 25.1 Å². The van der Waals surface area contributed by atoms with Crippen molar-refractivity contribution >= 4 is 48.5 Å². The lowest BCUT2D eigenvalue weighted by Crippen LogP contribution is -2.43. The van der Waals surface area contributed by atoms with Crippen LogP contribution >= 0.6 is 15.9 Å². The number of aromatic nitrogens is 1. The van der Waals surface area contributed by atoms with Crippen molar-refractivity contribution in [2.45, 2.75) is 23.8 Å². The summed E-state index contributed by atoms with van der Waals surface area (Å²) < 4.78 is 28.2. The topological polar surface area (TPSA) is 79.4 Å². The summed E-state index contributed by atoms with van der Waals surface area (Å²) in [5, 5.41) is 3.72. The number of rotatable bonds is 4. The molecule has 0 radical (unpaired) electrons. The molecule has 3 aromatic rings. The number of fused-ring (bicyclic) bond motifs is 1. The smallest absolute Gasteiger partial charge is 0.243 e. The van der Waals surface area contributed by atoms with Crippen molar-refractivity contribution in [3.05, 3.63) is 65.3 Å². The third kappa shape index (κ3) is 3.55. The van der Waals surface area contributed by atoms with E-state index >= 15 is 0 Å². The van der Waals surface area contributed by atoms with Crippen LogP contribution in [0.25, 0.3) is 10.9 Å². The van der Waals surface area contributed by atoms with E-state index in [2.05, 4.69) is 26.2 Å². The predicted molar refractivity (Wildman–Crippen MR) is 111 cm³/mol. The van der Waals surface area contributed by atoms with E-state index in [1.165, 1.54) is 4.31 Å². The molecular weight excluding hydrogens is 442 g/mol. The molecule has 1 atom stereocenters. The molecule has 2 heterocycles. The molecule has 0 bridgehead atoms. The number of anilines is 1. The molecule has 0 spiro atoms. The Morgan fingerprint density at radius 1 is 1.11 bits per heavy atom. The first-order chi connectivity index (χ1) is 13.5. The standard InChI is InChI=1S/C20H18BrN3O3S/c21-14-8-10-15(11-9-14)28(26,27)24-13-3-7-19(24)20(25)23-18-6-1-5-17-16(18)4-2-12-22-17/h1-2,4-6,8-12,19H,3,7,13H2,(H,23,25). The lowest BCUT2D eigenvalue weighted by molar-refractivity contribution is -0.119. The number of halogens is 1. The molecule has 28 heavy (non-hydrogen) atoms. The van der Waals surface area contributed by atoms with E-state index < -0.39 is 16.1 Å². The summed E-state index contributed by atoms with van der Waals surface area (Å²) in [5.74, 6) is -0.325. The van der Waals surface area contributed by atoms with Gasteiger partial charge in [0.2, 0.25) is 15.9 Å². The van der Waals surface area contributed by atoms with E-state index in [1.807, 2.05) is 18.2 Å². The lowest BCUT2D eigenvalue weighted by atomic mass is 10.1. The minimum absolute atomic E-state index is 0.185. The zero-order chi connectivity index (χ0) is 19.7. The summed E-state index contributed by atoms with van der Waals surface area (Å²) in [4.78, 5) is 17.4. The number of hydrogen-bond acceptors (Lipinski definition) is 4. The van der Waals surface area contributed by atoms with Crippen molar-refractivity contribution in [1.29, 1.82) is 0 Å². The largest absolute Gasteiger partial charge is 0.324 e. The Morgan fingerprint density at radius 3 is 2.68 bits per heavy atom. The molecule has 6 nitrogen and oxygen atoms in total. The molecule has 2 aromatic carbocycles. The number of pyridine rings is 1. The highest BCUT2D eigenvalue weighted by Gasteiger charge is 2.39. The summed E-state index contributed by atoms with van der Waals surface area (Å²) in [6.45, 7) is 0.327. The molecule has 1 fully saturated rings. The van der Waals surface area contributed by atoms with Gasteiger partial charge < -0.3 is 5.32 Å². The summed E-state index contributed by atoms with van der Waals surface area (Å²) in [6, 6.07) is 14.9. The molecular formula is C20H18BrN3O3S. The van der Waals surface area contributed by atoms with E-state index in [1.54, 1.807) is 42.6 Å². The number of nitrogens with one attached hydrogen (secondary N) is 1. The molecule has 1 saturated heterocycles. The molecule has 0 aliphatic carbocycles. The number of carbonyl (C=O) groups is 1. The van der Waals surface area contributed by atoms with Gasteiger partial charge in [0.25, 0.3) is 0 Å². The molecule has 1 N–H and O–H groups in total. The summed E-state index contributed by atoms with van der Waals surface area (Å²) in [5.41, 5.74) is 1.40. The van der Waals surface area contributed by atoms with Crippen LogP contribution < -0.4 is 5.32 Å². The van der Waals surface area contributed by atoms with Crippen LogP contribution in [0, 0.1) is 0 Å². The SMILES string of the molecule is O=C(Nc1cccc2ncccc12)C1CCCN1S(=O)(=O)c1ccc(Br)cc1. The van der Waals surface area contributed by atoms with Crippen LogP contribution in [-0.2, 0) is 14.8 Å². The van der Waals surface area contributed by atoms with E-state index in [-0.39, 0.29) is 10.8 Å². The highest BCUT2D eigenvalue weighted by molar-refractivity contribution is 9.10. The van der Waals surface area contributed by atoms with Crippen LogP contribution in [0.4, 0.5) is 5.69 Å². The van der Waals surface area contributed by atoms with Gasteiger partial charge in [-0.1, -0.05) is 22.0 Å². The van der Waals surface area contributed by atoms with Crippen LogP contribution in [0.1, 0.15) is 12.8 Å². The first-order valence-corrected chi connectivity index (χ1v) is 11.1. The maximum atomic E-state index is 13.0. The predicted octanol–water partition coefficient (Wildman–Crippen LogP) is 3.79. The van der Waals surface area contributed by atoms with E-state index in [4.69, 9.17) is 0 Å². The summed E-state index contributed by atoms with van der Waals surface area (Å²) in [7, 11) is -3.75. The zero-order valence-electron chi connectivity index (χ0n) is 14.9. The second kappa shape index (κ2) is 7.62. The van der Waals surface area contributed by atoms with Crippen LogP contribution in [0.15, 0.2) is 70.2 Å². The van der Waals surface area contributed by atoms with Crippen LogP contribution in [0.2, 0.25) is 0 Å². The Morgan fingerprint density at radius 2 is 1.89 bits per heavy atom. The van der Waals surface area contributed by atoms with E-state index in [0.717, 1.165) is 15.4 Å². The number of carbonyl (C=O) groups excluding carboxylic acids is 1. The van der Waals surface area contributed by atoms with Crippen molar-refractivity contribution in [1.82, 2.24) is 9.29 Å². The maximum Gasteiger partial charge on any atom is 0.243 e. The number of benzene rings is 2. The van der Waals surface area contributed by atoms with Gasteiger partial charge in [-0.2, -0.15) is 4.31 Å².